The van der Waals surface area contributed by atoms with Crippen molar-refractivity contribution in [2.24, 2.45) is 0 Å². The van der Waals surface area contributed by atoms with E-state index >= 15 is 0 Å². The molecular weight excluding hydrogens is 552 g/mol. The molecule has 0 saturated carbocycles. The van der Waals surface area contributed by atoms with Crippen molar-refractivity contribution in [3.8, 4) is 21.9 Å². The number of ether oxygens (including phenoxy) is 2. The summed E-state index contributed by atoms with van der Waals surface area (Å²) in [6.45, 7) is 0.734. The summed E-state index contributed by atoms with van der Waals surface area (Å²) < 4.78 is 36.1. The first kappa shape index (κ1) is 31.2. The first-order valence-corrected chi connectivity index (χ1v) is 16.1. The molecule has 0 spiro atoms. The van der Waals surface area contributed by atoms with Crippen LogP contribution in [-0.4, -0.2) is 50.0 Å². The van der Waals surface area contributed by atoms with Gasteiger partial charge in [0, 0.05) is 24.0 Å². The van der Waals surface area contributed by atoms with Crippen LogP contribution in [0.3, 0.4) is 0 Å². The Bertz CT molecular complexity index is 1360. The SMILES string of the molecule is CS(=O)(=O)c1cc(OCCCCCCc2cccc(OCCCC(=O)O)c2CCC(=O)O)cc(-c2cccs2)c1. The van der Waals surface area contributed by atoms with Crippen molar-refractivity contribution < 1.29 is 37.7 Å². The van der Waals surface area contributed by atoms with Crippen molar-refractivity contribution in [1.29, 1.82) is 0 Å². The zero-order valence-corrected chi connectivity index (χ0v) is 24.3. The van der Waals surface area contributed by atoms with Gasteiger partial charge in [0.1, 0.15) is 11.5 Å². The summed E-state index contributed by atoms with van der Waals surface area (Å²) >= 11 is 1.54. The molecule has 0 amide bonds. The highest BCUT2D eigenvalue weighted by atomic mass is 32.2. The number of carbonyl (C=O) groups is 2. The predicted octanol–water partition coefficient (Wildman–Crippen LogP) is 6.26. The number of hydrogen-bond acceptors (Lipinski definition) is 7. The first-order chi connectivity index (χ1) is 19.1. The second-order valence-corrected chi connectivity index (χ2v) is 12.6. The zero-order chi connectivity index (χ0) is 29.0. The molecule has 40 heavy (non-hydrogen) atoms. The molecule has 10 heteroatoms. The van der Waals surface area contributed by atoms with Crippen LogP contribution in [0.4, 0.5) is 0 Å². The summed E-state index contributed by atoms with van der Waals surface area (Å²) in [6, 6.07) is 14.7. The first-order valence-electron chi connectivity index (χ1n) is 13.3. The number of sulfone groups is 1. The molecule has 8 nitrogen and oxygen atoms in total. The fourth-order valence-electron chi connectivity index (χ4n) is 4.32. The van der Waals surface area contributed by atoms with E-state index in [-0.39, 0.29) is 24.3 Å². The van der Waals surface area contributed by atoms with Gasteiger partial charge in [-0.15, -0.1) is 11.3 Å². The van der Waals surface area contributed by atoms with Gasteiger partial charge in [0.25, 0.3) is 0 Å². The molecular formula is C30H36O8S2. The van der Waals surface area contributed by atoms with Crippen LogP contribution in [0.1, 0.15) is 56.1 Å². The van der Waals surface area contributed by atoms with Crippen LogP contribution in [0.15, 0.2) is 58.8 Å². The van der Waals surface area contributed by atoms with E-state index in [0.717, 1.165) is 53.7 Å². The normalized spacial score (nSPS) is 11.3. The molecule has 2 aromatic carbocycles. The number of benzene rings is 2. The smallest absolute Gasteiger partial charge is 0.303 e. The van der Waals surface area contributed by atoms with Crippen molar-refractivity contribution in [3.63, 3.8) is 0 Å². The Morgan fingerprint density at radius 3 is 2.27 bits per heavy atom. The average Bonchev–Trinajstić information content (AvgIpc) is 3.44. The zero-order valence-electron chi connectivity index (χ0n) is 22.6. The number of thiophene rings is 1. The van der Waals surface area contributed by atoms with E-state index in [2.05, 4.69) is 0 Å². The van der Waals surface area contributed by atoms with Crippen molar-refractivity contribution >= 4 is 33.1 Å². The molecule has 0 aliphatic heterocycles. The van der Waals surface area contributed by atoms with Gasteiger partial charge in [-0.25, -0.2) is 8.42 Å². The molecule has 0 unspecified atom stereocenters. The van der Waals surface area contributed by atoms with Gasteiger partial charge in [-0.2, -0.15) is 0 Å². The second kappa shape index (κ2) is 15.4. The lowest BCUT2D eigenvalue weighted by Gasteiger charge is -2.15. The highest BCUT2D eigenvalue weighted by Crippen LogP contribution is 2.31. The summed E-state index contributed by atoms with van der Waals surface area (Å²) in [4.78, 5) is 23.2. The van der Waals surface area contributed by atoms with Crippen molar-refractivity contribution in [2.45, 2.75) is 62.7 Å². The van der Waals surface area contributed by atoms with Gasteiger partial charge in [0.2, 0.25) is 0 Å². The van der Waals surface area contributed by atoms with E-state index in [9.17, 15) is 23.1 Å². The maximum Gasteiger partial charge on any atom is 0.303 e. The molecule has 0 radical (unpaired) electrons. The number of rotatable bonds is 18. The summed E-state index contributed by atoms with van der Waals surface area (Å²) in [5, 5.41) is 20.0. The van der Waals surface area contributed by atoms with E-state index in [0.29, 0.717) is 30.9 Å². The fraction of sp³-hybridized carbons (Fsp3) is 0.400. The number of carboxylic acids is 2. The molecule has 2 N–H and O–H groups in total. The van der Waals surface area contributed by atoms with Crippen LogP contribution >= 0.6 is 11.3 Å². The van der Waals surface area contributed by atoms with E-state index in [1.807, 2.05) is 35.7 Å². The van der Waals surface area contributed by atoms with Gasteiger partial charge in [0.15, 0.2) is 9.84 Å². The van der Waals surface area contributed by atoms with Crippen LogP contribution in [0.2, 0.25) is 0 Å². The maximum absolute atomic E-state index is 12.2. The Labute approximate surface area is 239 Å². The minimum Gasteiger partial charge on any atom is -0.494 e. The monoisotopic (exact) mass is 588 g/mol. The maximum atomic E-state index is 12.2. The molecule has 3 aromatic rings. The van der Waals surface area contributed by atoms with Crippen LogP contribution in [0.5, 0.6) is 11.5 Å². The molecule has 216 valence electrons. The number of aliphatic carboxylic acids is 2. The Kier molecular flexibility index (Phi) is 12.0. The topological polar surface area (TPSA) is 127 Å². The van der Waals surface area contributed by atoms with Crippen molar-refractivity contribution in [3.05, 3.63) is 65.0 Å². The lowest BCUT2D eigenvalue weighted by atomic mass is 9.97. The molecule has 0 bridgehead atoms. The Morgan fingerprint density at radius 2 is 1.57 bits per heavy atom. The molecule has 0 fully saturated rings. The summed E-state index contributed by atoms with van der Waals surface area (Å²) in [6.07, 6.45) is 6.34. The van der Waals surface area contributed by atoms with Gasteiger partial charge < -0.3 is 19.7 Å². The van der Waals surface area contributed by atoms with E-state index < -0.39 is 21.8 Å². The van der Waals surface area contributed by atoms with Crippen molar-refractivity contribution in [2.75, 3.05) is 19.5 Å². The van der Waals surface area contributed by atoms with Gasteiger partial charge in [-0.05, 0) is 84.5 Å². The van der Waals surface area contributed by atoms with Crippen LogP contribution in [-0.2, 0) is 32.3 Å². The van der Waals surface area contributed by atoms with Gasteiger partial charge in [0.05, 0.1) is 18.1 Å². The Hall–Kier alpha value is -3.37. The predicted molar refractivity (Wildman–Crippen MR) is 155 cm³/mol. The van der Waals surface area contributed by atoms with E-state index in [4.69, 9.17) is 14.6 Å². The number of unbranched alkanes of at least 4 members (excludes halogenated alkanes) is 3. The summed E-state index contributed by atoms with van der Waals surface area (Å²) in [7, 11) is -3.37. The van der Waals surface area contributed by atoms with Gasteiger partial charge in [-0.1, -0.05) is 31.0 Å². The van der Waals surface area contributed by atoms with E-state index in [1.54, 1.807) is 29.5 Å². The highest BCUT2D eigenvalue weighted by molar-refractivity contribution is 7.90. The third-order valence-corrected chi connectivity index (χ3v) is 8.35. The largest absolute Gasteiger partial charge is 0.494 e. The number of hydrogen-bond donors (Lipinski definition) is 2. The summed E-state index contributed by atoms with van der Waals surface area (Å²) in [5.74, 6) is -0.596. The third-order valence-electron chi connectivity index (χ3n) is 6.33. The van der Waals surface area contributed by atoms with Crippen LogP contribution in [0.25, 0.3) is 10.4 Å². The van der Waals surface area contributed by atoms with Gasteiger partial charge >= 0.3 is 11.9 Å². The highest BCUT2D eigenvalue weighted by Gasteiger charge is 2.14. The quantitative estimate of drug-likeness (QED) is 0.167. The molecule has 3 rings (SSSR count). The lowest BCUT2D eigenvalue weighted by molar-refractivity contribution is -0.138. The Morgan fingerprint density at radius 1 is 0.825 bits per heavy atom. The number of aryl methyl sites for hydroxylation is 1. The minimum atomic E-state index is -3.37. The molecule has 0 atom stereocenters. The number of carboxylic acid groups (broad SMARTS) is 2. The molecule has 1 heterocycles. The Balaban J connectivity index is 1.50. The average molecular weight is 589 g/mol. The van der Waals surface area contributed by atoms with Gasteiger partial charge in [-0.3, -0.25) is 9.59 Å². The minimum absolute atomic E-state index is 0.00539. The third kappa shape index (κ3) is 10.3. The molecule has 0 aliphatic rings. The summed E-state index contributed by atoms with van der Waals surface area (Å²) in [5.41, 5.74) is 2.74. The fourth-order valence-corrected chi connectivity index (χ4v) is 5.70. The molecule has 1 aromatic heterocycles. The van der Waals surface area contributed by atoms with Crippen molar-refractivity contribution in [1.82, 2.24) is 0 Å². The molecule has 0 aliphatic carbocycles. The van der Waals surface area contributed by atoms with Crippen LogP contribution in [0, 0.1) is 0 Å². The standard InChI is InChI=1S/C30H36O8S2/c1-40(35,36)25-20-23(28-12-8-18-39-28)19-24(21-25)37-16-5-3-2-4-9-22-10-6-11-27(26(22)14-15-30(33)34)38-17-7-13-29(31)32/h6,8,10-12,18-21H,2-5,7,9,13-17H2,1H3,(H,31,32)(H,33,34). The van der Waals surface area contributed by atoms with Crippen LogP contribution < -0.4 is 9.47 Å². The second-order valence-electron chi connectivity index (χ2n) is 9.59. The molecule has 0 saturated heterocycles. The lowest BCUT2D eigenvalue weighted by Crippen LogP contribution is -2.07. The van der Waals surface area contributed by atoms with E-state index in [1.165, 1.54) is 6.26 Å².